The number of rotatable bonds is 2. The van der Waals surface area contributed by atoms with Crippen LogP contribution < -0.4 is 5.73 Å². The molecule has 0 saturated heterocycles. The van der Waals surface area contributed by atoms with Crippen molar-refractivity contribution >= 4 is 29.2 Å². The molecule has 0 atom stereocenters. The monoisotopic (exact) mass is 281 g/mol. The molecule has 9 heteroatoms. The average molecular weight is 282 g/mol. The van der Waals surface area contributed by atoms with Crippen molar-refractivity contribution in [2.75, 3.05) is 5.73 Å². The molecule has 2 rings (SSSR count). The van der Waals surface area contributed by atoms with Crippen molar-refractivity contribution in [3.63, 3.8) is 0 Å². The van der Waals surface area contributed by atoms with Gasteiger partial charge in [-0.15, -0.1) is 0 Å². The number of nitrogens with one attached hydrogen (secondary N) is 1. The molecule has 2 aromatic rings. The molecule has 19 heavy (non-hydrogen) atoms. The topological polar surface area (TPSA) is 129 Å². The first-order valence-electron chi connectivity index (χ1n) is 4.97. The molecule has 1 amide bonds. The summed E-state index contributed by atoms with van der Waals surface area (Å²) in [7, 11) is 0. The standard InChI is InChI=1S/C10H8ClN5O3/c11-6-4-2-1-3-5(6)10(17)16(18)9(13)7-8(12)15-19-14-7/h1-4,13,18H,(H2,12,15). The number of nitrogen functional groups attached to an aromatic ring is 1. The fourth-order valence-electron chi connectivity index (χ4n) is 1.31. The number of nitrogens with two attached hydrogens (primary N) is 1. The van der Waals surface area contributed by atoms with Crippen LogP contribution in [0.15, 0.2) is 28.9 Å². The van der Waals surface area contributed by atoms with Gasteiger partial charge in [-0.2, -0.15) is 5.06 Å². The van der Waals surface area contributed by atoms with Gasteiger partial charge in [0.25, 0.3) is 5.91 Å². The number of amidine groups is 1. The zero-order valence-corrected chi connectivity index (χ0v) is 10.1. The number of hydroxylamine groups is 2. The van der Waals surface area contributed by atoms with Crippen LogP contribution in [0.2, 0.25) is 5.02 Å². The number of nitrogens with zero attached hydrogens (tertiary/aromatic N) is 3. The third-order valence-corrected chi connectivity index (χ3v) is 2.58. The quantitative estimate of drug-likeness (QED) is 0.328. The van der Waals surface area contributed by atoms with Crippen molar-refractivity contribution in [3.8, 4) is 0 Å². The summed E-state index contributed by atoms with van der Waals surface area (Å²) < 4.78 is 4.28. The van der Waals surface area contributed by atoms with E-state index in [2.05, 4.69) is 14.9 Å². The summed E-state index contributed by atoms with van der Waals surface area (Å²) in [6.07, 6.45) is 0. The summed E-state index contributed by atoms with van der Waals surface area (Å²) in [5.74, 6) is -1.77. The molecule has 0 aliphatic heterocycles. The zero-order chi connectivity index (χ0) is 14.0. The van der Waals surface area contributed by atoms with Crippen LogP contribution in [0.3, 0.4) is 0 Å². The number of hydrogen-bond acceptors (Lipinski definition) is 7. The zero-order valence-electron chi connectivity index (χ0n) is 9.37. The van der Waals surface area contributed by atoms with E-state index in [0.29, 0.717) is 0 Å². The second kappa shape index (κ2) is 5.04. The summed E-state index contributed by atoms with van der Waals surface area (Å²) in [4.78, 5) is 11.9. The predicted molar refractivity (Wildman–Crippen MR) is 64.9 cm³/mol. The SMILES string of the molecule is N=C(c1nonc1N)N(O)C(=O)c1ccccc1Cl. The van der Waals surface area contributed by atoms with Gasteiger partial charge in [0.05, 0.1) is 10.6 Å². The molecular formula is C10H8ClN5O3. The van der Waals surface area contributed by atoms with E-state index in [-0.39, 0.29) is 27.2 Å². The van der Waals surface area contributed by atoms with Gasteiger partial charge in [0.1, 0.15) is 0 Å². The highest BCUT2D eigenvalue weighted by Crippen LogP contribution is 2.18. The Hall–Kier alpha value is -2.45. The van der Waals surface area contributed by atoms with Crippen molar-refractivity contribution in [2.45, 2.75) is 0 Å². The lowest BCUT2D eigenvalue weighted by molar-refractivity contribution is -0.00332. The van der Waals surface area contributed by atoms with Crippen molar-refractivity contribution in [1.82, 2.24) is 15.4 Å². The largest absolute Gasteiger partial charge is 0.379 e. The van der Waals surface area contributed by atoms with Crippen LogP contribution >= 0.6 is 11.6 Å². The molecule has 1 heterocycles. The lowest BCUT2D eigenvalue weighted by Crippen LogP contribution is -2.34. The Morgan fingerprint density at radius 1 is 1.42 bits per heavy atom. The molecule has 0 bridgehead atoms. The Morgan fingerprint density at radius 3 is 2.68 bits per heavy atom. The molecule has 0 fully saturated rings. The predicted octanol–water partition coefficient (Wildman–Crippen LogP) is 1.16. The van der Waals surface area contributed by atoms with Crippen molar-refractivity contribution < 1.29 is 14.6 Å². The van der Waals surface area contributed by atoms with Crippen LogP contribution in [-0.2, 0) is 0 Å². The molecule has 0 saturated carbocycles. The van der Waals surface area contributed by atoms with Crippen LogP contribution in [0.1, 0.15) is 16.1 Å². The second-order valence-corrected chi connectivity index (χ2v) is 3.85. The molecular weight excluding hydrogens is 274 g/mol. The minimum Gasteiger partial charge on any atom is -0.379 e. The molecule has 0 unspecified atom stereocenters. The number of anilines is 1. The molecule has 8 nitrogen and oxygen atoms in total. The Balaban J connectivity index is 2.28. The third kappa shape index (κ3) is 2.39. The van der Waals surface area contributed by atoms with Crippen molar-refractivity contribution in [3.05, 3.63) is 40.5 Å². The van der Waals surface area contributed by atoms with Gasteiger partial charge in [-0.25, -0.2) is 4.63 Å². The number of carbonyl (C=O) groups excluding carboxylic acids is 1. The first-order chi connectivity index (χ1) is 9.02. The van der Waals surface area contributed by atoms with E-state index in [1.54, 1.807) is 12.1 Å². The van der Waals surface area contributed by atoms with E-state index in [4.69, 9.17) is 22.7 Å². The van der Waals surface area contributed by atoms with Crippen molar-refractivity contribution in [2.24, 2.45) is 0 Å². The lowest BCUT2D eigenvalue weighted by atomic mass is 10.2. The Kier molecular flexibility index (Phi) is 3.45. The van der Waals surface area contributed by atoms with E-state index in [1.165, 1.54) is 12.1 Å². The van der Waals surface area contributed by atoms with Crippen LogP contribution in [0.5, 0.6) is 0 Å². The van der Waals surface area contributed by atoms with E-state index >= 15 is 0 Å². The van der Waals surface area contributed by atoms with Gasteiger partial charge in [0, 0.05) is 0 Å². The van der Waals surface area contributed by atoms with Gasteiger partial charge in [-0.3, -0.25) is 15.4 Å². The van der Waals surface area contributed by atoms with E-state index in [1.807, 2.05) is 0 Å². The first kappa shape index (κ1) is 13.0. The fraction of sp³-hybridized carbons (Fsp3) is 0. The molecule has 0 aliphatic carbocycles. The number of hydrogen-bond donors (Lipinski definition) is 3. The minimum atomic E-state index is -0.891. The molecule has 98 valence electrons. The van der Waals surface area contributed by atoms with Gasteiger partial charge in [0.15, 0.2) is 17.3 Å². The summed E-state index contributed by atoms with van der Waals surface area (Å²) >= 11 is 5.82. The Morgan fingerprint density at radius 2 is 2.11 bits per heavy atom. The number of benzene rings is 1. The number of carbonyl (C=O) groups is 1. The highest BCUT2D eigenvalue weighted by molar-refractivity contribution is 6.34. The maximum Gasteiger partial charge on any atom is 0.285 e. The number of aromatic nitrogens is 2. The minimum absolute atomic E-state index is 0.0337. The van der Waals surface area contributed by atoms with Gasteiger partial charge in [0.2, 0.25) is 0 Å². The van der Waals surface area contributed by atoms with Crippen LogP contribution in [0, 0.1) is 5.41 Å². The Bertz CT molecular complexity index is 642. The van der Waals surface area contributed by atoms with Crippen molar-refractivity contribution in [1.29, 1.82) is 5.41 Å². The lowest BCUT2D eigenvalue weighted by Gasteiger charge is -2.14. The third-order valence-electron chi connectivity index (χ3n) is 2.25. The van der Waals surface area contributed by atoms with Crippen LogP contribution in [0.4, 0.5) is 5.82 Å². The highest BCUT2D eigenvalue weighted by atomic mass is 35.5. The number of amides is 1. The highest BCUT2D eigenvalue weighted by Gasteiger charge is 2.25. The molecule has 0 spiro atoms. The smallest absolute Gasteiger partial charge is 0.285 e. The molecule has 0 radical (unpaired) electrons. The van der Waals surface area contributed by atoms with E-state index in [9.17, 15) is 10.0 Å². The van der Waals surface area contributed by atoms with E-state index < -0.39 is 11.7 Å². The number of halogens is 1. The molecule has 1 aromatic heterocycles. The summed E-state index contributed by atoms with van der Waals surface area (Å²) in [5, 5.41) is 24.1. The molecule has 1 aromatic carbocycles. The van der Waals surface area contributed by atoms with Gasteiger partial charge in [-0.05, 0) is 22.4 Å². The molecule has 4 N–H and O–H groups in total. The van der Waals surface area contributed by atoms with Gasteiger partial charge in [-0.1, -0.05) is 23.7 Å². The normalized spacial score (nSPS) is 10.2. The second-order valence-electron chi connectivity index (χ2n) is 3.44. The maximum absolute atomic E-state index is 11.9. The molecule has 0 aliphatic rings. The van der Waals surface area contributed by atoms with E-state index in [0.717, 1.165) is 0 Å². The van der Waals surface area contributed by atoms with Crippen LogP contribution in [0.25, 0.3) is 0 Å². The Labute approximate surface area is 111 Å². The summed E-state index contributed by atoms with van der Waals surface area (Å²) in [6.45, 7) is 0. The summed E-state index contributed by atoms with van der Waals surface area (Å²) in [6, 6.07) is 6.10. The first-order valence-corrected chi connectivity index (χ1v) is 5.35. The summed E-state index contributed by atoms with van der Waals surface area (Å²) in [5.41, 5.74) is 5.15. The average Bonchev–Trinajstić information content (AvgIpc) is 2.83. The van der Waals surface area contributed by atoms with Gasteiger partial charge >= 0.3 is 0 Å². The maximum atomic E-state index is 11.9. The fourth-order valence-corrected chi connectivity index (χ4v) is 1.53. The van der Waals surface area contributed by atoms with Crippen LogP contribution in [-0.4, -0.2) is 32.3 Å². The van der Waals surface area contributed by atoms with Gasteiger partial charge < -0.3 is 5.73 Å².